The zero-order valence-corrected chi connectivity index (χ0v) is 20.8. The molecule has 0 bridgehead atoms. The van der Waals surface area contributed by atoms with E-state index in [1.807, 2.05) is 41.3 Å². The fraction of sp³-hybridized carbons (Fsp3) is 0.538. The first-order chi connectivity index (χ1) is 15.8. The lowest BCUT2D eigenvalue weighted by molar-refractivity contribution is -0.134. The number of fused-ring (bicyclic) bond motifs is 1. The summed E-state index contributed by atoms with van der Waals surface area (Å²) in [6.07, 6.45) is 3.42. The number of carbonyl (C=O) groups is 2. The molecule has 2 aromatic rings. The normalized spacial score (nSPS) is 19.5. The van der Waals surface area contributed by atoms with Crippen LogP contribution in [0.4, 0.5) is 0 Å². The Morgan fingerprint density at radius 3 is 2.61 bits per heavy atom. The molecule has 0 radical (unpaired) electrons. The molecule has 2 amide bonds. The van der Waals surface area contributed by atoms with Gasteiger partial charge in [-0.3, -0.25) is 9.59 Å². The number of nitrogens with one attached hydrogen (secondary N) is 2. The number of hydrogen-bond donors (Lipinski definition) is 3. The van der Waals surface area contributed by atoms with E-state index in [4.69, 9.17) is 17.3 Å². The molecule has 1 aliphatic rings. The average Bonchev–Trinajstić information content (AvgIpc) is 2.96. The smallest absolute Gasteiger partial charge is 0.251 e. The zero-order chi connectivity index (χ0) is 24.0. The summed E-state index contributed by atoms with van der Waals surface area (Å²) in [6.45, 7) is 8.93. The zero-order valence-electron chi connectivity index (χ0n) is 20.0. The Balaban J connectivity index is 1.66. The van der Waals surface area contributed by atoms with E-state index < -0.39 is 0 Å². The van der Waals surface area contributed by atoms with Crippen LogP contribution in [0.25, 0.3) is 10.8 Å². The number of amides is 2. The third-order valence-electron chi connectivity index (χ3n) is 7.10. The van der Waals surface area contributed by atoms with E-state index >= 15 is 0 Å². The van der Waals surface area contributed by atoms with Crippen molar-refractivity contribution in [3.05, 3.63) is 47.0 Å². The van der Waals surface area contributed by atoms with E-state index in [1.165, 1.54) is 0 Å². The van der Waals surface area contributed by atoms with Crippen molar-refractivity contribution in [2.24, 2.45) is 11.1 Å². The van der Waals surface area contributed by atoms with Crippen LogP contribution >= 0.6 is 11.6 Å². The van der Waals surface area contributed by atoms with Crippen molar-refractivity contribution in [1.82, 2.24) is 15.5 Å². The van der Waals surface area contributed by atoms with Gasteiger partial charge < -0.3 is 21.3 Å². The Morgan fingerprint density at radius 2 is 1.91 bits per heavy atom. The summed E-state index contributed by atoms with van der Waals surface area (Å²) in [5.41, 5.74) is 6.52. The minimum atomic E-state index is -0.317. The summed E-state index contributed by atoms with van der Waals surface area (Å²) in [7, 11) is 0. The van der Waals surface area contributed by atoms with Crippen LogP contribution in [0.1, 0.15) is 56.8 Å². The first-order valence-electron chi connectivity index (χ1n) is 12.0. The molecule has 1 heterocycles. The lowest BCUT2D eigenvalue weighted by Crippen LogP contribution is -2.50. The molecule has 0 aromatic heterocycles. The molecule has 4 N–H and O–H groups in total. The average molecular weight is 473 g/mol. The van der Waals surface area contributed by atoms with Gasteiger partial charge in [-0.05, 0) is 72.7 Å². The Hall–Kier alpha value is -2.15. The fourth-order valence-corrected chi connectivity index (χ4v) is 4.56. The van der Waals surface area contributed by atoms with Gasteiger partial charge in [0.05, 0.1) is 6.04 Å². The number of hydrogen-bond acceptors (Lipinski definition) is 4. The van der Waals surface area contributed by atoms with Crippen LogP contribution in [0.3, 0.4) is 0 Å². The molecule has 6 nitrogen and oxygen atoms in total. The summed E-state index contributed by atoms with van der Waals surface area (Å²) >= 11 is 6.06. The molecule has 0 saturated carbocycles. The van der Waals surface area contributed by atoms with Gasteiger partial charge in [0.15, 0.2) is 0 Å². The first-order valence-corrected chi connectivity index (χ1v) is 12.4. The predicted octanol–water partition coefficient (Wildman–Crippen LogP) is 3.96. The molecule has 0 aliphatic carbocycles. The van der Waals surface area contributed by atoms with E-state index in [0.717, 1.165) is 36.6 Å². The van der Waals surface area contributed by atoms with E-state index in [0.29, 0.717) is 36.6 Å². The van der Waals surface area contributed by atoms with Gasteiger partial charge in [0.2, 0.25) is 5.91 Å². The maximum Gasteiger partial charge on any atom is 0.251 e. The molecule has 3 rings (SSSR count). The molecule has 0 unspecified atom stereocenters. The van der Waals surface area contributed by atoms with Gasteiger partial charge in [-0.25, -0.2) is 0 Å². The van der Waals surface area contributed by atoms with Crippen molar-refractivity contribution in [3.8, 4) is 0 Å². The van der Waals surface area contributed by atoms with E-state index in [2.05, 4.69) is 31.4 Å². The van der Waals surface area contributed by atoms with Gasteiger partial charge in [-0.2, -0.15) is 0 Å². The summed E-state index contributed by atoms with van der Waals surface area (Å²) in [6, 6.07) is 10.9. The van der Waals surface area contributed by atoms with Gasteiger partial charge in [-0.15, -0.1) is 0 Å². The van der Waals surface area contributed by atoms with Crippen LogP contribution in [-0.2, 0) is 4.79 Å². The molecule has 1 aliphatic heterocycles. The van der Waals surface area contributed by atoms with Crippen LogP contribution in [0.2, 0.25) is 5.02 Å². The predicted molar refractivity (Wildman–Crippen MR) is 136 cm³/mol. The van der Waals surface area contributed by atoms with Gasteiger partial charge in [0.1, 0.15) is 0 Å². The van der Waals surface area contributed by atoms with Crippen molar-refractivity contribution in [2.45, 2.75) is 58.5 Å². The molecule has 2 aromatic carbocycles. The minimum absolute atomic E-state index is 0.00761. The number of halogens is 1. The number of nitrogens with zero attached hydrogens (tertiary/aromatic N) is 1. The Morgan fingerprint density at radius 1 is 1.21 bits per heavy atom. The van der Waals surface area contributed by atoms with Crippen LogP contribution < -0.4 is 16.4 Å². The maximum atomic E-state index is 13.2. The van der Waals surface area contributed by atoms with Crippen LogP contribution in [0.15, 0.2) is 36.4 Å². The third kappa shape index (κ3) is 6.46. The Bertz CT molecular complexity index is 976. The van der Waals surface area contributed by atoms with Crippen LogP contribution in [-0.4, -0.2) is 55.0 Å². The minimum Gasteiger partial charge on any atom is -0.350 e. The van der Waals surface area contributed by atoms with Gasteiger partial charge in [0, 0.05) is 36.3 Å². The molecule has 2 atom stereocenters. The maximum absolute atomic E-state index is 13.2. The molecular weight excluding hydrogens is 436 g/mol. The SMILES string of the molecule is CCC(C)(CC)CN1CC[C@@H](CNC(=O)c2ccc3cc(Cl)ccc3c2)N[C@@H](CCN)C1=O. The molecular formula is C26H37ClN4O2. The highest BCUT2D eigenvalue weighted by Gasteiger charge is 2.34. The van der Waals surface area contributed by atoms with Gasteiger partial charge in [0.25, 0.3) is 5.91 Å². The van der Waals surface area contributed by atoms with Crippen molar-refractivity contribution in [2.75, 3.05) is 26.2 Å². The van der Waals surface area contributed by atoms with Crippen LogP contribution in [0.5, 0.6) is 0 Å². The number of carbonyl (C=O) groups excluding carboxylic acids is 2. The summed E-state index contributed by atoms with van der Waals surface area (Å²) < 4.78 is 0. The third-order valence-corrected chi connectivity index (χ3v) is 7.34. The van der Waals surface area contributed by atoms with Crippen molar-refractivity contribution < 1.29 is 9.59 Å². The topological polar surface area (TPSA) is 87.5 Å². The van der Waals surface area contributed by atoms with Gasteiger partial charge in [-0.1, -0.05) is 44.5 Å². The highest BCUT2D eigenvalue weighted by atomic mass is 35.5. The molecule has 7 heteroatoms. The van der Waals surface area contributed by atoms with E-state index in [1.54, 1.807) is 0 Å². The molecule has 1 fully saturated rings. The second-order valence-electron chi connectivity index (χ2n) is 9.48. The fourth-order valence-electron chi connectivity index (χ4n) is 4.38. The lowest BCUT2D eigenvalue weighted by atomic mass is 9.84. The second-order valence-corrected chi connectivity index (χ2v) is 9.91. The van der Waals surface area contributed by atoms with Crippen LogP contribution in [0, 0.1) is 5.41 Å². The summed E-state index contributed by atoms with van der Waals surface area (Å²) in [5, 5.41) is 9.15. The van der Waals surface area contributed by atoms with Crippen molar-refractivity contribution >= 4 is 34.2 Å². The highest BCUT2D eigenvalue weighted by Crippen LogP contribution is 2.28. The molecule has 180 valence electrons. The van der Waals surface area contributed by atoms with E-state index in [9.17, 15) is 9.59 Å². The second kappa shape index (κ2) is 11.3. The van der Waals surface area contributed by atoms with Crippen molar-refractivity contribution in [1.29, 1.82) is 0 Å². The summed E-state index contributed by atoms with van der Waals surface area (Å²) in [4.78, 5) is 28.0. The Labute approximate surface area is 202 Å². The van der Waals surface area contributed by atoms with Crippen molar-refractivity contribution in [3.63, 3.8) is 0 Å². The van der Waals surface area contributed by atoms with E-state index in [-0.39, 0.29) is 29.3 Å². The number of rotatable bonds is 9. The van der Waals surface area contributed by atoms with Gasteiger partial charge >= 0.3 is 0 Å². The monoisotopic (exact) mass is 472 g/mol. The number of benzene rings is 2. The lowest BCUT2D eigenvalue weighted by Gasteiger charge is -2.34. The number of nitrogens with two attached hydrogens (primary N) is 1. The molecule has 1 saturated heterocycles. The molecule has 33 heavy (non-hydrogen) atoms. The first kappa shape index (κ1) is 25.5. The standard InChI is InChI=1S/C26H37ClN4O2/c1-4-26(3,5-2)17-31-13-11-22(30-23(10-12-28)25(31)33)16-29-24(32)20-7-6-19-15-21(27)9-8-18(19)14-20/h6-9,14-15,22-23,30H,4-5,10-13,16-17,28H2,1-3H3,(H,29,32)/t22-,23-/m0/s1. The Kier molecular flexibility index (Phi) is 8.74. The molecule has 0 spiro atoms. The summed E-state index contributed by atoms with van der Waals surface area (Å²) in [5.74, 6) is -0.00316. The largest absolute Gasteiger partial charge is 0.350 e. The quantitative estimate of drug-likeness (QED) is 0.515. The highest BCUT2D eigenvalue weighted by molar-refractivity contribution is 6.31.